The fourth-order valence-corrected chi connectivity index (χ4v) is 2.51. The van der Waals surface area contributed by atoms with Crippen molar-refractivity contribution in [3.05, 3.63) is 40.8 Å². The number of aryl methyl sites for hydroxylation is 4. The smallest absolute Gasteiger partial charge is 0.103 e. The van der Waals surface area contributed by atoms with E-state index in [0.29, 0.717) is 0 Å². The Hall–Kier alpha value is -1.57. The summed E-state index contributed by atoms with van der Waals surface area (Å²) in [6, 6.07) is 6.78. The minimum absolute atomic E-state index is 1.03. The van der Waals surface area contributed by atoms with Crippen molar-refractivity contribution < 1.29 is 0 Å². The van der Waals surface area contributed by atoms with Crippen molar-refractivity contribution in [3.63, 3.8) is 0 Å². The van der Waals surface area contributed by atoms with Crippen LogP contribution in [0.1, 0.15) is 29.6 Å². The van der Waals surface area contributed by atoms with E-state index in [1.807, 2.05) is 6.92 Å². The van der Waals surface area contributed by atoms with Crippen molar-refractivity contribution in [3.8, 4) is 11.3 Å². The van der Waals surface area contributed by atoms with E-state index in [1.165, 1.54) is 28.1 Å². The molecule has 3 rings (SSSR count). The van der Waals surface area contributed by atoms with E-state index < -0.39 is 0 Å². The predicted molar refractivity (Wildman–Crippen MR) is 65.5 cm³/mol. The van der Waals surface area contributed by atoms with Gasteiger partial charge in [0.1, 0.15) is 5.82 Å². The lowest BCUT2D eigenvalue weighted by atomic mass is 9.90. The van der Waals surface area contributed by atoms with Gasteiger partial charge in [0, 0.05) is 11.3 Å². The molecule has 0 radical (unpaired) electrons. The van der Waals surface area contributed by atoms with E-state index in [9.17, 15) is 0 Å². The Labute approximate surface area is 95.7 Å². The average Bonchev–Trinajstić information content (AvgIpc) is 2.69. The summed E-state index contributed by atoms with van der Waals surface area (Å²) in [6.07, 6.45) is 3.34. The maximum atomic E-state index is 4.59. The number of hydrogen-bond acceptors (Lipinski definition) is 1. The third kappa shape index (κ3) is 1.37. The third-order valence-corrected chi connectivity index (χ3v) is 3.37. The summed E-state index contributed by atoms with van der Waals surface area (Å²) < 4.78 is 0. The minimum atomic E-state index is 1.03. The zero-order valence-corrected chi connectivity index (χ0v) is 9.80. The van der Waals surface area contributed by atoms with Gasteiger partial charge in [-0.05, 0) is 37.3 Å². The number of H-pyrrole nitrogens is 1. The summed E-state index contributed by atoms with van der Waals surface area (Å²) in [5, 5.41) is 0. The van der Waals surface area contributed by atoms with Gasteiger partial charge >= 0.3 is 0 Å². The molecule has 1 N–H and O–H groups in total. The number of nitrogens with zero attached hydrogens (tertiary/aromatic N) is 1. The largest absolute Gasteiger partial charge is 0.346 e. The third-order valence-electron chi connectivity index (χ3n) is 3.37. The Morgan fingerprint density at radius 2 is 2.19 bits per heavy atom. The Kier molecular flexibility index (Phi) is 2.10. The van der Waals surface area contributed by atoms with Crippen LogP contribution < -0.4 is 0 Å². The molecule has 1 aliphatic carbocycles. The molecule has 0 unspecified atom stereocenters. The lowest BCUT2D eigenvalue weighted by Crippen LogP contribution is -2.04. The van der Waals surface area contributed by atoms with Gasteiger partial charge in [-0.2, -0.15) is 0 Å². The fourth-order valence-electron chi connectivity index (χ4n) is 2.51. The van der Waals surface area contributed by atoms with E-state index in [-0.39, 0.29) is 0 Å². The molecule has 2 heteroatoms. The zero-order chi connectivity index (χ0) is 11.1. The molecule has 1 heterocycles. The topological polar surface area (TPSA) is 28.7 Å². The Bertz CT molecular complexity index is 538. The molecule has 0 fully saturated rings. The quantitative estimate of drug-likeness (QED) is 0.773. The van der Waals surface area contributed by atoms with E-state index >= 15 is 0 Å². The van der Waals surface area contributed by atoms with E-state index in [4.69, 9.17) is 0 Å². The summed E-state index contributed by atoms with van der Waals surface area (Å²) in [7, 11) is 0. The summed E-state index contributed by atoms with van der Waals surface area (Å²) in [5.74, 6) is 1.03. The second-order valence-corrected chi connectivity index (χ2v) is 4.49. The molecule has 2 nitrogen and oxygen atoms in total. The van der Waals surface area contributed by atoms with Crippen LogP contribution >= 0.6 is 0 Å². The number of fused-ring (bicyclic) bond motifs is 3. The first-order valence-corrected chi connectivity index (χ1v) is 5.95. The predicted octanol–water partition coefficient (Wildman–Crippen LogP) is 3.05. The monoisotopic (exact) mass is 212 g/mol. The molecule has 1 aliphatic rings. The molecule has 1 aromatic carbocycles. The molecule has 1 aromatic heterocycles. The van der Waals surface area contributed by atoms with Crippen molar-refractivity contribution >= 4 is 0 Å². The molecular formula is C14H16N2. The van der Waals surface area contributed by atoms with Crippen LogP contribution in [0.3, 0.4) is 0 Å². The SMILES string of the molecule is CCc1ccc2c(c1)CCc1[nH]c(C)nc1-2. The molecule has 0 atom stereocenters. The van der Waals surface area contributed by atoms with Crippen LogP contribution in [0, 0.1) is 6.92 Å². The Balaban J connectivity index is 2.17. The van der Waals surface area contributed by atoms with Gasteiger partial charge < -0.3 is 4.98 Å². The molecular weight excluding hydrogens is 196 g/mol. The fraction of sp³-hybridized carbons (Fsp3) is 0.357. The standard InChI is InChI=1S/C14H16N2/c1-3-10-4-6-12-11(8-10)5-7-13-14(12)16-9(2)15-13/h4,6,8H,3,5,7H2,1-2H3,(H,15,16). The summed E-state index contributed by atoms with van der Waals surface area (Å²) in [6.45, 7) is 4.23. The van der Waals surface area contributed by atoms with Gasteiger partial charge in [0.15, 0.2) is 0 Å². The van der Waals surface area contributed by atoms with Crippen LogP contribution in [0.2, 0.25) is 0 Å². The minimum Gasteiger partial charge on any atom is -0.346 e. The molecule has 0 bridgehead atoms. The number of imidazole rings is 1. The Morgan fingerprint density at radius 3 is 3.00 bits per heavy atom. The number of aromatic nitrogens is 2. The van der Waals surface area contributed by atoms with Gasteiger partial charge in [-0.1, -0.05) is 25.1 Å². The van der Waals surface area contributed by atoms with Crippen LogP contribution in [0.15, 0.2) is 18.2 Å². The molecule has 0 aliphatic heterocycles. The molecule has 82 valence electrons. The summed E-state index contributed by atoms with van der Waals surface area (Å²) >= 11 is 0. The molecule has 2 aromatic rings. The van der Waals surface area contributed by atoms with Gasteiger partial charge in [0.25, 0.3) is 0 Å². The van der Waals surface area contributed by atoms with Gasteiger partial charge in [0.05, 0.1) is 5.69 Å². The van der Waals surface area contributed by atoms with Crippen LogP contribution in [-0.2, 0) is 19.3 Å². The highest BCUT2D eigenvalue weighted by Crippen LogP contribution is 2.32. The highest BCUT2D eigenvalue weighted by Gasteiger charge is 2.19. The van der Waals surface area contributed by atoms with Crippen LogP contribution in [0.25, 0.3) is 11.3 Å². The second kappa shape index (κ2) is 3.48. The first kappa shape index (κ1) is 9.64. The summed E-state index contributed by atoms with van der Waals surface area (Å²) in [4.78, 5) is 7.95. The normalized spacial score (nSPS) is 13.4. The summed E-state index contributed by atoms with van der Waals surface area (Å²) in [5.41, 5.74) is 6.67. The number of rotatable bonds is 1. The number of hydrogen-bond donors (Lipinski definition) is 1. The van der Waals surface area contributed by atoms with Crippen molar-refractivity contribution in [1.29, 1.82) is 0 Å². The van der Waals surface area contributed by atoms with E-state index in [1.54, 1.807) is 0 Å². The van der Waals surface area contributed by atoms with Crippen molar-refractivity contribution in [1.82, 2.24) is 9.97 Å². The number of aromatic amines is 1. The number of nitrogens with one attached hydrogen (secondary N) is 1. The van der Waals surface area contributed by atoms with Crippen LogP contribution in [-0.4, -0.2) is 9.97 Å². The van der Waals surface area contributed by atoms with Gasteiger partial charge in [-0.25, -0.2) is 4.98 Å². The zero-order valence-electron chi connectivity index (χ0n) is 9.80. The lowest BCUT2D eigenvalue weighted by Gasteiger charge is -2.15. The molecule has 0 amide bonds. The van der Waals surface area contributed by atoms with Crippen molar-refractivity contribution in [2.24, 2.45) is 0 Å². The van der Waals surface area contributed by atoms with Crippen molar-refractivity contribution in [2.45, 2.75) is 33.1 Å². The Morgan fingerprint density at radius 1 is 1.31 bits per heavy atom. The average molecular weight is 212 g/mol. The first-order chi connectivity index (χ1) is 7.78. The molecule has 0 saturated heterocycles. The van der Waals surface area contributed by atoms with Gasteiger partial charge in [-0.3, -0.25) is 0 Å². The maximum absolute atomic E-state index is 4.59. The van der Waals surface area contributed by atoms with E-state index in [0.717, 1.165) is 25.1 Å². The van der Waals surface area contributed by atoms with E-state index in [2.05, 4.69) is 35.1 Å². The van der Waals surface area contributed by atoms with Gasteiger partial charge in [-0.15, -0.1) is 0 Å². The first-order valence-electron chi connectivity index (χ1n) is 5.95. The molecule has 0 saturated carbocycles. The highest BCUT2D eigenvalue weighted by atomic mass is 14.9. The number of benzene rings is 1. The highest BCUT2D eigenvalue weighted by molar-refractivity contribution is 5.69. The lowest BCUT2D eigenvalue weighted by molar-refractivity contribution is 0.900. The van der Waals surface area contributed by atoms with Crippen molar-refractivity contribution in [2.75, 3.05) is 0 Å². The van der Waals surface area contributed by atoms with Crippen LogP contribution in [0.5, 0.6) is 0 Å². The second-order valence-electron chi connectivity index (χ2n) is 4.49. The molecule has 16 heavy (non-hydrogen) atoms. The van der Waals surface area contributed by atoms with Gasteiger partial charge in [0.2, 0.25) is 0 Å². The van der Waals surface area contributed by atoms with Crippen LogP contribution in [0.4, 0.5) is 0 Å². The molecule has 0 spiro atoms. The maximum Gasteiger partial charge on any atom is 0.103 e.